The molecule has 0 saturated carbocycles. The predicted octanol–water partition coefficient (Wildman–Crippen LogP) is 4.12. The van der Waals surface area contributed by atoms with E-state index in [2.05, 4.69) is 16.4 Å². The van der Waals surface area contributed by atoms with E-state index in [0.29, 0.717) is 24.3 Å². The summed E-state index contributed by atoms with van der Waals surface area (Å²) in [5.41, 5.74) is 2.59. The lowest BCUT2D eigenvalue weighted by atomic mass is 10.0. The molecular formula is C19H23ClN4O2. The second-order valence-electron chi connectivity index (χ2n) is 6.21. The van der Waals surface area contributed by atoms with Gasteiger partial charge in [-0.2, -0.15) is 5.26 Å². The van der Waals surface area contributed by atoms with Crippen molar-refractivity contribution in [3.8, 4) is 6.07 Å². The normalized spacial score (nSPS) is 11.8. The molecule has 1 atom stereocenters. The lowest BCUT2D eigenvalue weighted by molar-refractivity contribution is 0.176. The van der Waals surface area contributed by atoms with Crippen LogP contribution in [0, 0.1) is 25.2 Å². The highest BCUT2D eigenvalue weighted by Gasteiger charge is 2.17. The summed E-state index contributed by atoms with van der Waals surface area (Å²) in [6.07, 6.45) is 3.00. The Morgan fingerprint density at radius 1 is 1.42 bits per heavy atom. The van der Waals surface area contributed by atoms with Crippen molar-refractivity contribution in [1.82, 2.24) is 9.55 Å². The van der Waals surface area contributed by atoms with Gasteiger partial charge in [-0.05, 0) is 43.9 Å². The number of nitrogens with one attached hydrogen (secondary N) is 1. The molecule has 26 heavy (non-hydrogen) atoms. The molecule has 1 N–H and O–H groups in total. The lowest BCUT2D eigenvalue weighted by Crippen LogP contribution is -2.28. The molecule has 0 radical (unpaired) electrons. The zero-order valence-corrected chi connectivity index (χ0v) is 16.2. The number of hydrogen-bond acceptors (Lipinski definition) is 5. The summed E-state index contributed by atoms with van der Waals surface area (Å²) in [5.74, 6) is 0.108. The third-order valence-electron chi connectivity index (χ3n) is 4.26. The Kier molecular flexibility index (Phi) is 6.78. The molecule has 0 aliphatic rings. The minimum absolute atomic E-state index is 0.0435. The quantitative estimate of drug-likeness (QED) is 0.788. The summed E-state index contributed by atoms with van der Waals surface area (Å²) in [4.78, 5) is 17.1. The molecule has 0 bridgehead atoms. The third kappa shape index (κ3) is 4.43. The second-order valence-corrected chi connectivity index (χ2v) is 6.60. The summed E-state index contributed by atoms with van der Waals surface area (Å²) < 4.78 is 6.72. The summed E-state index contributed by atoms with van der Waals surface area (Å²) in [6, 6.07) is 5.83. The first-order valence-corrected chi connectivity index (χ1v) is 8.85. The number of anilines is 2. The van der Waals surface area contributed by atoms with Crippen LogP contribution in [0.4, 0.5) is 11.5 Å². The fraction of sp³-hybridized carbons (Fsp3) is 0.421. The molecule has 0 saturated heterocycles. The number of hydrogen-bond donors (Lipinski definition) is 1. The zero-order chi connectivity index (χ0) is 19.3. The first kappa shape index (κ1) is 20.0. The van der Waals surface area contributed by atoms with Gasteiger partial charge in [0.05, 0.1) is 11.3 Å². The zero-order valence-electron chi connectivity index (χ0n) is 15.5. The van der Waals surface area contributed by atoms with Crippen molar-refractivity contribution in [3.05, 3.63) is 50.5 Å². The number of aromatic nitrogens is 2. The maximum Gasteiger partial charge on any atom is 0.294 e. The molecule has 138 valence electrons. The number of benzene rings is 1. The second kappa shape index (κ2) is 8.84. The Morgan fingerprint density at radius 2 is 2.15 bits per heavy atom. The monoisotopic (exact) mass is 374 g/mol. The molecule has 6 nitrogen and oxygen atoms in total. The van der Waals surface area contributed by atoms with E-state index in [9.17, 15) is 10.1 Å². The summed E-state index contributed by atoms with van der Waals surface area (Å²) in [6.45, 7) is 6.35. The van der Waals surface area contributed by atoms with Crippen molar-refractivity contribution in [3.63, 3.8) is 0 Å². The Hall–Kier alpha value is -2.36. The van der Waals surface area contributed by atoms with Crippen molar-refractivity contribution in [2.45, 2.75) is 39.7 Å². The minimum atomic E-state index is -0.277. The van der Waals surface area contributed by atoms with E-state index in [1.165, 1.54) is 0 Å². The molecule has 0 amide bonds. The van der Waals surface area contributed by atoms with Crippen LogP contribution >= 0.6 is 11.6 Å². The molecular weight excluding hydrogens is 352 g/mol. The smallest absolute Gasteiger partial charge is 0.294 e. The van der Waals surface area contributed by atoms with Crippen LogP contribution in [0.3, 0.4) is 0 Å². The van der Waals surface area contributed by atoms with Gasteiger partial charge in [0.15, 0.2) is 5.82 Å². The van der Waals surface area contributed by atoms with E-state index in [0.717, 1.165) is 17.5 Å². The lowest BCUT2D eigenvalue weighted by Gasteiger charge is -2.19. The Balaban J connectivity index is 2.50. The van der Waals surface area contributed by atoms with Gasteiger partial charge >= 0.3 is 0 Å². The highest BCUT2D eigenvalue weighted by Crippen LogP contribution is 2.25. The van der Waals surface area contributed by atoms with Crippen LogP contribution in [0.15, 0.2) is 23.1 Å². The molecule has 1 aromatic carbocycles. The van der Waals surface area contributed by atoms with Gasteiger partial charge < -0.3 is 14.6 Å². The standard InChI is InChI=1S/C19H23ClN4O2/c1-5-15(6-7-26-4)24-11-16(20)22-18(19(24)25)23-17-13(3)8-12(2)9-14(17)10-21/h8-9,11,15H,5-7H2,1-4H3,(H,22,23). The van der Waals surface area contributed by atoms with Crippen LogP contribution in [0.5, 0.6) is 0 Å². The van der Waals surface area contributed by atoms with E-state index in [4.69, 9.17) is 16.3 Å². The fourth-order valence-electron chi connectivity index (χ4n) is 2.97. The maximum absolute atomic E-state index is 12.9. The molecule has 2 rings (SSSR count). The van der Waals surface area contributed by atoms with Crippen molar-refractivity contribution in [2.75, 3.05) is 19.0 Å². The fourth-order valence-corrected chi connectivity index (χ4v) is 3.16. The molecule has 0 spiro atoms. The minimum Gasteiger partial charge on any atom is -0.385 e. The first-order valence-electron chi connectivity index (χ1n) is 8.47. The van der Waals surface area contributed by atoms with Crippen molar-refractivity contribution in [1.29, 1.82) is 5.26 Å². The predicted molar refractivity (Wildman–Crippen MR) is 103 cm³/mol. The van der Waals surface area contributed by atoms with Gasteiger partial charge in [0.1, 0.15) is 11.2 Å². The average Bonchev–Trinajstić information content (AvgIpc) is 2.60. The van der Waals surface area contributed by atoms with Crippen molar-refractivity contribution >= 4 is 23.1 Å². The van der Waals surface area contributed by atoms with Gasteiger partial charge in [-0.15, -0.1) is 0 Å². The average molecular weight is 375 g/mol. The van der Waals surface area contributed by atoms with Crippen LogP contribution < -0.4 is 10.9 Å². The number of aryl methyl sites for hydroxylation is 2. The van der Waals surface area contributed by atoms with Gasteiger partial charge in [0.2, 0.25) is 0 Å². The van der Waals surface area contributed by atoms with E-state index in [1.54, 1.807) is 23.9 Å². The van der Waals surface area contributed by atoms with Gasteiger partial charge in [-0.1, -0.05) is 24.6 Å². The molecule has 2 aromatic rings. The van der Waals surface area contributed by atoms with Gasteiger partial charge in [0.25, 0.3) is 5.56 Å². The van der Waals surface area contributed by atoms with Crippen LogP contribution in [-0.2, 0) is 4.74 Å². The third-order valence-corrected chi connectivity index (χ3v) is 4.45. The first-order chi connectivity index (χ1) is 12.4. The summed E-state index contributed by atoms with van der Waals surface area (Å²) in [5, 5.41) is 12.6. The Bertz CT molecular complexity index is 886. The van der Waals surface area contributed by atoms with Crippen LogP contribution in [0.1, 0.15) is 42.5 Å². The van der Waals surface area contributed by atoms with E-state index in [-0.39, 0.29) is 22.6 Å². The van der Waals surface area contributed by atoms with Gasteiger partial charge in [-0.3, -0.25) is 4.79 Å². The molecule has 0 aliphatic heterocycles. The molecule has 1 aromatic heterocycles. The SMILES string of the molecule is CCC(CCOC)n1cc(Cl)nc(Nc2c(C)cc(C)cc2C#N)c1=O. The van der Waals surface area contributed by atoms with E-state index in [1.807, 2.05) is 26.8 Å². The highest BCUT2D eigenvalue weighted by molar-refractivity contribution is 6.29. The van der Waals surface area contributed by atoms with Crippen molar-refractivity contribution < 1.29 is 4.74 Å². The summed E-state index contributed by atoms with van der Waals surface area (Å²) >= 11 is 6.15. The van der Waals surface area contributed by atoms with E-state index >= 15 is 0 Å². The van der Waals surface area contributed by atoms with Crippen molar-refractivity contribution in [2.24, 2.45) is 0 Å². The topological polar surface area (TPSA) is 79.9 Å². The molecule has 7 heteroatoms. The Morgan fingerprint density at radius 3 is 2.77 bits per heavy atom. The van der Waals surface area contributed by atoms with Crippen LogP contribution in [0.2, 0.25) is 5.15 Å². The number of methoxy groups -OCH3 is 1. The van der Waals surface area contributed by atoms with Crippen LogP contribution in [0.25, 0.3) is 0 Å². The molecule has 1 unspecified atom stereocenters. The maximum atomic E-state index is 12.9. The van der Waals surface area contributed by atoms with Gasteiger partial charge in [-0.25, -0.2) is 4.98 Å². The largest absolute Gasteiger partial charge is 0.385 e. The van der Waals surface area contributed by atoms with Gasteiger partial charge in [0, 0.05) is 26.0 Å². The molecule has 0 aliphatic carbocycles. The number of nitriles is 1. The molecule has 1 heterocycles. The van der Waals surface area contributed by atoms with Crippen LogP contribution in [-0.4, -0.2) is 23.3 Å². The number of rotatable bonds is 7. The molecule has 0 fully saturated rings. The number of halogens is 1. The number of nitrogens with zero attached hydrogens (tertiary/aromatic N) is 3. The summed E-state index contributed by atoms with van der Waals surface area (Å²) in [7, 11) is 1.63. The van der Waals surface area contributed by atoms with E-state index < -0.39 is 0 Å². The Labute approximate surface area is 158 Å². The highest BCUT2D eigenvalue weighted by atomic mass is 35.5. The number of ether oxygens (including phenoxy) is 1.